The van der Waals surface area contributed by atoms with Gasteiger partial charge in [0.25, 0.3) is 5.91 Å². The maximum absolute atomic E-state index is 13.8. The number of rotatable bonds is 11. The first kappa shape index (κ1) is 31.8. The van der Waals surface area contributed by atoms with Crippen molar-refractivity contribution in [2.24, 2.45) is 11.1 Å². The number of oxime groups is 1. The molecule has 2 heterocycles. The van der Waals surface area contributed by atoms with Gasteiger partial charge < -0.3 is 19.6 Å². The van der Waals surface area contributed by atoms with Crippen LogP contribution in [0.5, 0.6) is 0 Å². The SMILES string of the molecule is CON=C(Cl)C(=O)C(C(=O)NC1C(=O)N2C(C(=O)OC(c3ccccc3)c3ccccc3)=C(/C=C/Cl)CS[C@H]12)C(=O)OC. The van der Waals surface area contributed by atoms with Crippen molar-refractivity contribution in [3.8, 4) is 0 Å². The molecule has 2 aromatic rings. The summed E-state index contributed by atoms with van der Waals surface area (Å²) in [7, 11) is 2.10. The summed E-state index contributed by atoms with van der Waals surface area (Å²) in [5, 5.41) is 4.14. The Kier molecular flexibility index (Phi) is 10.6. The van der Waals surface area contributed by atoms with Gasteiger partial charge in [0.1, 0.15) is 24.2 Å². The predicted molar refractivity (Wildman–Crippen MR) is 159 cm³/mol. The van der Waals surface area contributed by atoms with Crippen LogP contribution in [0.15, 0.2) is 88.7 Å². The lowest BCUT2D eigenvalue weighted by Crippen LogP contribution is -2.71. The first-order valence-corrected chi connectivity index (χ1v) is 14.5. The predicted octanol–water partition coefficient (Wildman–Crippen LogP) is 3.28. The van der Waals surface area contributed by atoms with Crippen LogP contribution in [0.4, 0.5) is 0 Å². The Bertz CT molecular complexity index is 1460. The molecule has 1 N–H and O–H groups in total. The minimum atomic E-state index is -2.04. The number of esters is 2. The molecule has 1 saturated heterocycles. The summed E-state index contributed by atoms with van der Waals surface area (Å²) in [6.07, 6.45) is 0.706. The Labute approximate surface area is 260 Å². The molecule has 0 aromatic heterocycles. The largest absolute Gasteiger partial charge is 0.468 e. The third kappa shape index (κ3) is 6.76. The fourth-order valence-corrected chi connectivity index (χ4v) is 6.16. The molecule has 0 aliphatic carbocycles. The monoisotopic (exact) mass is 645 g/mol. The Balaban J connectivity index is 1.60. The molecule has 0 spiro atoms. The number of nitrogens with one attached hydrogen (secondary N) is 1. The highest BCUT2D eigenvalue weighted by atomic mass is 35.5. The number of carbonyl (C=O) groups is 5. The molecule has 43 heavy (non-hydrogen) atoms. The molecule has 0 bridgehead atoms. The van der Waals surface area contributed by atoms with Crippen molar-refractivity contribution in [2.75, 3.05) is 20.0 Å². The van der Waals surface area contributed by atoms with Crippen molar-refractivity contribution in [3.63, 3.8) is 0 Å². The number of nitrogens with zero attached hydrogens (tertiary/aromatic N) is 2. The summed E-state index contributed by atoms with van der Waals surface area (Å²) in [5.41, 5.74) is 3.05. The molecule has 3 atom stereocenters. The van der Waals surface area contributed by atoms with Crippen LogP contribution in [-0.4, -0.2) is 71.0 Å². The zero-order chi connectivity index (χ0) is 31.1. The fourth-order valence-electron chi connectivity index (χ4n) is 4.52. The maximum atomic E-state index is 13.8. The van der Waals surface area contributed by atoms with Crippen molar-refractivity contribution in [1.29, 1.82) is 0 Å². The topological polar surface area (TPSA) is 141 Å². The second kappa shape index (κ2) is 14.4. The molecule has 2 unspecified atom stereocenters. The molecule has 0 radical (unpaired) electrons. The van der Waals surface area contributed by atoms with Gasteiger partial charge in [0.15, 0.2) is 6.10 Å². The molecule has 11 nitrogen and oxygen atoms in total. The Morgan fingerprint density at radius 1 is 1.05 bits per heavy atom. The molecular formula is C29H25Cl2N3O8S. The van der Waals surface area contributed by atoms with Gasteiger partial charge in [-0.15, -0.1) is 11.8 Å². The van der Waals surface area contributed by atoms with Gasteiger partial charge in [-0.2, -0.15) is 0 Å². The number of methoxy groups -OCH3 is 1. The van der Waals surface area contributed by atoms with E-state index in [4.69, 9.17) is 27.9 Å². The number of benzene rings is 2. The number of hydrogen-bond acceptors (Lipinski definition) is 10. The lowest BCUT2D eigenvalue weighted by Gasteiger charge is -2.49. The molecule has 1 fully saturated rings. The van der Waals surface area contributed by atoms with E-state index in [-0.39, 0.29) is 11.4 Å². The van der Waals surface area contributed by atoms with E-state index < -0.39 is 58.1 Å². The van der Waals surface area contributed by atoms with Gasteiger partial charge in [0, 0.05) is 11.3 Å². The molecule has 0 saturated carbocycles. The number of carbonyl (C=O) groups excluding carboxylic acids is 5. The maximum Gasteiger partial charge on any atom is 0.356 e. The van der Waals surface area contributed by atoms with Crippen molar-refractivity contribution < 1.29 is 38.3 Å². The number of amides is 2. The van der Waals surface area contributed by atoms with E-state index in [0.29, 0.717) is 16.7 Å². The highest BCUT2D eigenvalue weighted by molar-refractivity contribution is 8.00. The van der Waals surface area contributed by atoms with Crippen LogP contribution in [-0.2, 0) is 38.3 Å². The number of halogens is 2. The van der Waals surface area contributed by atoms with E-state index in [1.807, 2.05) is 60.7 Å². The van der Waals surface area contributed by atoms with Gasteiger partial charge in [0.05, 0.1) is 7.11 Å². The number of Topliss-reactive ketones (excluding diaryl/α,β-unsaturated/α-hetero) is 1. The van der Waals surface area contributed by atoms with E-state index in [1.165, 1.54) is 28.3 Å². The van der Waals surface area contributed by atoms with Crippen molar-refractivity contribution in [3.05, 3.63) is 94.7 Å². The number of ketones is 1. The average Bonchev–Trinajstić information content (AvgIpc) is 3.03. The van der Waals surface area contributed by atoms with E-state index in [2.05, 4.69) is 20.0 Å². The molecule has 4 rings (SSSR count). The van der Waals surface area contributed by atoms with Crippen LogP contribution in [0.2, 0.25) is 0 Å². The number of fused-ring (bicyclic) bond motifs is 1. The number of hydrogen-bond donors (Lipinski definition) is 1. The first-order chi connectivity index (χ1) is 20.7. The second-order valence-electron chi connectivity index (χ2n) is 9.05. The minimum absolute atomic E-state index is 0.0381. The molecule has 2 aromatic carbocycles. The van der Waals surface area contributed by atoms with Gasteiger partial charge in [-0.1, -0.05) is 89.0 Å². The summed E-state index contributed by atoms with van der Waals surface area (Å²) in [6, 6.07) is 17.1. The molecule has 224 valence electrons. The van der Waals surface area contributed by atoms with Gasteiger partial charge in [-0.25, -0.2) is 4.79 Å². The van der Waals surface area contributed by atoms with Gasteiger partial charge in [0.2, 0.25) is 22.8 Å². The smallest absolute Gasteiger partial charge is 0.356 e. The average molecular weight is 647 g/mol. The number of ether oxygens (including phenoxy) is 2. The van der Waals surface area contributed by atoms with Gasteiger partial charge in [-0.05, 0) is 22.8 Å². The van der Waals surface area contributed by atoms with E-state index in [9.17, 15) is 24.0 Å². The molecule has 14 heteroatoms. The number of allylic oxidation sites excluding steroid dienone is 1. The van der Waals surface area contributed by atoms with Gasteiger partial charge in [-0.3, -0.25) is 24.1 Å². The van der Waals surface area contributed by atoms with E-state index in [1.54, 1.807) is 0 Å². The summed E-state index contributed by atoms with van der Waals surface area (Å²) >= 11 is 12.9. The Hall–Kier alpha value is -4.13. The van der Waals surface area contributed by atoms with Crippen LogP contribution < -0.4 is 5.32 Å². The standard InChI is InChI=1S/C29H25Cl2N3O8S/c1-40-28(38)19(22(35)24(31)33-41-2)25(36)32-20-26(37)34-21(18(13-14-30)15-43-27(20)34)29(39)42-23(16-9-5-3-6-10-16)17-11-7-4-8-12-17/h3-14,19-20,23,27H,15H2,1-2H3,(H,32,36)/b14-13+,33-24?/t19?,20?,27-/m1/s1. The third-order valence-electron chi connectivity index (χ3n) is 6.52. The van der Waals surface area contributed by atoms with Crippen molar-refractivity contribution in [2.45, 2.75) is 17.5 Å². The molecular weight excluding hydrogens is 621 g/mol. The summed E-state index contributed by atoms with van der Waals surface area (Å²) in [6.45, 7) is 0. The summed E-state index contributed by atoms with van der Waals surface area (Å²) in [4.78, 5) is 70.8. The number of thioether (sulfide) groups is 1. The van der Waals surface area contributed by atoms with E-state index >= 15 is 0 Å². The summed E-state index contributed by atoms with van der Waals surface area (Å²) in [5.74, 6) is -6.77. The highest BCUT2D eigenvalue weighted by Crippen LogP contribution is 2.42. The second-order valence-corrected chi connectivity index (χ2v) is 10.8. The quantitative estimate of drug-likeness (QED) is 0.128. The number of β-lactam (4-membered cyclic amide) rings is 1. The normalized spacial score (nSPS) is 19.0. The zero-order valence-electron chi connectivity index (χ0n) is 22.8. The van der Waals surface area contributed by atoms with Gasteiger partial charge >= 0.3 is 11.9 Å². The first-order valence-electron chi connectivity index (χ1n) is 12.7. The lowest BCUT2D eigenvalue weighted by molar-refractivity contribution is -0.157. The zero-order valence-corrected chi connectivity index (χ0v) is 25.1. The van der Waals surface area contributed by atoms with Crippen LogP contribution in [0.1, 0.15) is 17.2 Å². The fraction of sp³-hybridized carbons (Fsp3) is 0.241. The van der Waals surface area contributed by atoms with Crippen LogP contribution in [0, 0.1) is 5.92 Å². The molecule has 2 aliphatic rings. The molecule has 2 aliphatic heterocycles. The van der Waals surface area contributed by atoms with Crippen LogP contribution in [0.25, 0.3) is 0 Å². The van der Waals surface area contributed by atoms with Crippen LogP contribution >= 0.6 is 35.0 Å². The molecule has 2 amide bonds. The van der Waals surface area contributed by atoms with E-state index in [0.717, 1.165) is 14.2 Å². The third-order valence-corrected chi connectivity index (χ3v) is 8.20. The Morgan fingerprint density at radius 2 is 1.65 bits per heavy atom. The van der Waals surface area contributed by atoms with Crippen molar-refractivity contribution >= 4 is 69.7 Å². The van der Waals surface area contributed by atoms with Crippen molar-refractivity contribution in [1.82, 2.24) is 10.2 Å². The Morgan fingerprint density at radius 3 is 2.19 bits per heavy atom. The van der Waals surface area contributed by atoms with Crippen LogP contribution in [0.3, 0.4) is 0 Å². The lowest BCUT2D eigenvalue weighted by atomic mass is 9.99. The summed E-state index contributed by atoms with van der Waals surface area (Å²) < 4.78 is 10.6. The minimum Gasteiger partial charge on any atom is -0.468 e. The highest BCUT2D eigenvalue weighted by Gasteiger charge is 2.55.